The van der Waals surface area contributed by atoms with Gasteiger partial charge in [0.1, 0.15) is 0 Å². The van der Waals surface area contributed by atoms with E-state index in [1.807, 2.05) is 37.3 Å². The summed E-state index contributed by atoms with van der Waals surface area (Å²) in [5.74, 6) is 0.471. The predicted molar refractivity (Wildman–Crippen MR) is 61.3 cm³/mol. The zero-order chi connectivity index (χ0) is 12.0. The van der Waals surface area contributed by atoms with E-state index in [0.717, 1.165) is 14.4 Å². The van der Waals surface area contributed by atoms with Crippen LogP contribution in [-0.4, -0.2) is 5.97 Å². The molecule has 1 rings (SSSR count). The first kappa shape index (κ1) is 13.7. The molecule has 4 heteroatoms. The van der Waals surface area contributed by atoms with E-state index in [1.54, 1.807) is 0 Å². The van der Waals surface area contributed by atoms with Crippen molar-refractivity contribution in [3.05, 3.63) is 41.7 Å². The maximum absolute atomic E-state index is 11.0. The van der Waals surface area contributed by atoms with Gasteiger partial charge in [-0.25, -0.2) is 0 Å². The summed E-state index contributed by atoms with van der Waals surface area (Å²) >= 11 is -1.64. The van der Waals surface area contributed by atoms with Gasteiger partial charge in [-0.3, -0.25) is 0 Å². The summed E-state index contributed by atoms with van der Waals surface area (Å²) in [5.41, 5.74) is 1.09. The first-order valence-corrected chi connectivity index (χ1v) is 14.7. The van der Waals surface area contributed by atoms with Crippen LogP contribution in [0.5, 0.6) is 0 Å². The third kappa shape index (κ3) is 3.91. The Balaban J connectivity index is 3.11. The van der Waals surface area contributed by atoms with Crippen molar-refractivity contribution in [1.29, 1.82) is 0 Å². The molecule has 0 amide bonds. The van der Waals surface area contributed by atoms with Crippen LogP contribution in [0.2, 0.25) is 0 Å². The molecule has 0 N–H and O–H groups in total. The van der Waals surface area contributed by atoms with Gasteiger partial charge >= 0.3 is 112 Å². The number of carbonyl (C=O) groups is 1. The van der Waals surface area contributed by atoms with Gasteiger partial charge in [0, 0.05) is 0 Å². The molecule has 0 heterocycles. The van der Waals surface area contributed by atoms with Crippen LogP contribution in [0.25, 0.3) is 3.08 Å². The normalized spacial score (nSPS) is 11.4. The standard InChI is InChI=1S/C12H13O2.ClH.Hg/c1-3-12(14-10(2)13)9-11-7-5-4-6-8-11;;/h4-8H,3H2,1-2H3;1H;/q;;+1/p-1. The van der Waals surface area contributed by atoms with Crippen LogP contribution >= 0.6 is 8.25 Å². The van der Waals surface area contributed by atoms with Crippen molar-refractivity contribution in [2.75, 3.05) is 0 Å². The molecule has 82 valence electrons. The van der Waals surface area contributed by atoms with E-state index in [2.05, 4.69) is 0 Å². The van der Waals surface area contributed by atoms with E-state index in [0.29, 0.717) is 6.42 Å². The summed E-state index contributed by atoms with van der Waals surface area (Å²) in [6.07, 6.45) is 0.705. The Bertz CT molecular complexity index is 387. The average Bonchev–Trinajstić information content (AvgIpc) is 2.29. The van der Waals surface area contributed by atoms with Gasteiger partial charge in [0.25, 0.3) is 0 Å². The number of hydrogen-bond donors (Lipinski definition) is 0. The summed E-state index contributed by atoms with van der Waals surface area (Å²) in [7, 11) is 6.13. The van der Waals surface area contributed by atoms with Crippen LogP contribution in [0.3, 0.4) is 0 Å². The Hall–Kier alpha value is -0.345. The molecule has 0 bridgehead atoms. The maximum atomic E-state index is 11.0. The molecule has 0 fully saturated rings. The molecule has 0 aromatic heterocycles. The molecule has 0 atom stereocenters. The van der Waals surface area contributed by atoms with E-state index in [-0.39, 0.29) is 5.97 Å². The molecule has 2 nitrogen and oxygen atoms in total. The fourth-order valence-electron chi connectivity index (χ4n) is 1.47. The summed E-state index contributed by atoms with van der Waals surface area (Å²) in [6.45, 7) is 3.39. The predicted octanol–water partition coefficient (Wildman–Crippen LogP) is 3.56. The van der Waals surface area contributed by atoms with Gasteiger partial charge in [-0.1, -0.05) is 0 Å². The van der Waals surface area contributed by atoms with Crippen molar-refractivity contribution >= 4 is 17.3 Å². The summed E-state index contributed by atoms with van der Waals surface area (Å²) in [5, 5.41) is 0. The molecule has 0 aliphatic rings. The third-order valence-electron chi connectivity index (χ3n) is 2.18. The van der Waals surface area contributed by atoms with Crippen molar-refractivity contribution in [3.8, 4) is 0 Å². The number of esters is 1. The van der Waals surface area contributed by atoms with E-state index in [4.69, 9.17) is 13.0 Å². The number of benzene rings is 1. The third-order valence-corrected chi connectivity index (χ3v) is 8.68. The number of rotatable bonds is 4. The summed E-state index contributed by atoms with van der Waals surface area (Å²) in [4.78, 5) is 11.0. The molecule has 0 unspecified atom stereocenters. The minimum atomic E-state index is -1.64. The molecular formula is C12H13ClHgO2. The summed E-state index contributed by atoms with van der Waals surface area (Å²) < 4.78 is 6.32. The molecule has 0 aliphatic carbocycles. The number of hydrogen-bond acceptors (Lipinski definition) is 2. The molecule has 0 saturated heterocycles. The van der Waals surface area contributed by atoms with Gasteiger partial charge in [0.15, 0.2) is 0 Å². The topological polar surface area (TPSA) is 26.3 Å². The quantitative estimate of drug-likeness (QED) is 0.419. The zero-order valence-electron chi connectivity index (χ0n) is 9.50. The fourth-order valence-corrected chi connectivity index (χ4v) is 7.48. The Labute approximate surface area is 112 Å². The number of carbonyl (C=O) groups excluding carboxylic acids is 1. The average molecular weight is 425 g/mol. The van der Waals surface area contributed by atoms with Crippen LogP contribution in [0.1, 0.15) is 25.8 Å². The van der Waals surface area contributed by atoms with Crippen LogP contribution in [0, 0.1) is 0 Å². The molecule has 0 saturated carbocycles. The van der Waals surface area contributed by atoms with Gasteiger partial charge in [-0.05, 0) is 0 Å². The van der Waals surface area contributed by atoms with Crippen molar-refractivity contribution in [2.24, 2.45) is 0 Å². The van der Waals surface area contributed by atoms with Gasteiger partial charge in [-0.15, -0.1) is 0 Å². The van der Waals surface area contributed by atoms with Crippen molar-refractivity contribution in [1.82, 2.24) is 0 Å². The number of allylic oxidation sites excluding steroid dienone is 1. The minimum absolute atomic E-state index is 0.274. The molecule has 1 aromatic carbocycles. The second kappa shape index (κ2) is 7.07. The van der Waals surface area contributed by atoms with Crippen LogP contribution in [-0.2, 0) is 32.9 Å². The van der Waals surface area contributed by atoms with E-state index in [9.17, 15) is 4.79 Å². The second-order valence-corrected chi connectivity index (χ2v) is 9.48. The Morgan fingerprint density at radius 3 is 2.44 bits per heavy atom. The van der Waals surface area contributed by atoms with Crippen LogP contribution in [0.15, 0.2) is 36.1 Å². The monoisotopic (exact) mass is 426 g/mol. The van der Waals surface area contributed by atoms with Crippen LogP contribution in [0.4, 0.5) is 0 Å². The molecular weight excluding hydrogens is 412 g/mol. The van der Waals surface area contributed by atoms with E-state index >= 15 is 0 Å². The van der Waals surface area contributed by atoms with Crippen molar-refractivity contribution in [3.63, 3.8) is 0 Å². The molecule has 0 spiro atoms. The first-order valence-electron chi connectivity index (χ1n) is 5.20. The van der Waals surface area contributed by atoms with E-state index in [1.165, 1.54) is 6.92 Å². The van der Waals surface area contributed by atoms with Gasteiger partial charge in [0.2, 0.25) is 0 Å². The second-order valence-electron chi connectivity index (χ2n) is 3.35. The van der Waals surface area contributed by atoms with Gasteiger partial charge < -0.3 is 0 Å². The number of halogens is 1. The Morgan fingerprint density at radius 1 is 1.38 bits per heavy atom. The fraction of sp³-hybridized carbons (Fsp3) is 0.250. The molecule has 0 aliphatic heterocycles. The van der Waals surface area contributed by atoms with Crippen LogP contribution < -0.4 is 0 Å². The van der Waals surface area contributed by atoms with Gasteiger partial charge in [-0.2, -0.15) is 0 Å². The first-order chi connectivity index (χ1) is 7.69. The molecule has 0 radical (unpaired) electrons. The molecule has 1 aromatic rings. The zero-order valence-corrected chi connectivity index (χ0v) is 15.7. The Kier molecular flexibility index (Phi) is 6.06. The van der Waals surface area contributed by atoms with E-state index < -0.39 is 23.3 Å². The number of ether oxygens (including phenoxy) is 1. The van der Waals surface area contributed by atoms with Crippen molar-refractivity contribution in [2.45, 2.75) is 20.3 Å². The Morgan fingerprint density at radius 2 is 2.00 bits per heavy atom. The SMILES string of the molecule is CC/C(OC(C)=O)=[C](\[Hg][Cl])c1ccccc1. The van der Waals surface area contributed by atoms with Gasteiger partial charge in [0.05, 0.1) is 0 Å². The summed E-state index contributed by atoms with van der Waals surface area (Å²) in [6, 6.07) is 9.92. The molecule has 16 heavy (non-hydrogen) atoms. The van der Waals surface area contributed by atoms with Crippen molar-refractivity contribution < 1.29 is 32.9 Å².